The van der Waals surface area contributed by atoms with Crippen LogP contribution in [0.3, 0.4) is 0 Å². The molecule has 5 heteroatoms. The summed E-state index contributed by atoms with van der Waals surface area (Å²) in [6.45, 7) is 9.52. The molecule has 1 aromatic rings. The summed E-state index contributed by atoms with van der Waals surface area (Å²) in [6, 6.07) is 0.452. The Balaban J connectivity index is 1.91. The van der Waals surface area contributed by atoms with Gasteiger partial charge in [-0.3, -0.25) is 0 Å². The molecule has 1 saturated heterocycles. The smallest absolute Gasteiger partial charge is 0.205 e. The van der Waals surface area contributed by atoms with Crippen molar-refractivity contribution in [2.24, 2.45) is 5.92 Å². The number of ether oxygens (including phenoxy) is 1. The molecule has 0 spiro atoms. The third-order valence-electron chi connectivity index (χ3n) is 3.07. The van der Waals surface area contributed by atoms with E-state index >= 15 is 0 Å². The topological polar surface area (TPSA) is 47.0 Å². The Kier molecular flexibility index (Phi) is 4.22. The number of nitrogens with zero attached hydrogens (tertiary/aromatic N) is 2. The van der Waals surface area contributed by atoms with Crippen LogP contribution in [0.1, 0.15) is 45.5 Å². The van der Waals surface area contributed by atoms with Crippen LogP contribution in [0.15, 0.2) is 0 Å². The van der Waals surface area contributed by atoms with Gasteiger partial charge >= 0.3 is 0 Å². The lowest BCUT2D eigenvalue weighted by molar-refractivity contribution is -0.0553. The first kappa shape index (κ1) is 13.7. The minimum Gasteiger partial charge on any atom is -0.375 e. The highest BCUT2D eigenvalue weighted by Gasteiger charge is 2.29. The van der Waals surface area contributed by atoms with Gasteiger partial charge in [-0.25, -0.2) is 0 Å². The van der Waals surface area contributed by atoms with Crippen LogP contribution in [0.2, 0.25) is 0 Å². The van der Waals surface area contributed by atoms with Crippen molar-refractivity contribution in [3.63, 3.8) is 0 Å². The van der Waals surface area contributed by atoms with Crippen molar-refractivity contribution in [2.75, 3.05) is 11.9 Å². The highest BCUT2D eigenvalue weighted by molar-refractivity contribution is 7.15. The van der Waals surface area contributed by atoms with E-state index in [0.29, 0.717) is 12.0 Å². The largest absolute Gasteiger partial charge is 0.375 e. The van der Waals surface area contributed by atoms with Crippen LogP contribution in [-0.4, -0.2) is 28.4 Å². The van der Waals surface area contributed by atoms with Crippen LogP contribution < -0.4 is 5.32 Å². The standard InChI is InChI=1S/C13H23N3OS/c1-9(2)7-11-15-16-12(18-11)14-10-5-6-17-13(3,4)8-10/h9-10H,5-8H2,1-4H3,(H,14,16). The number of nitrogens with one attached hydrogen (secondary N) is 1. The number of hydrogen-bond acceptors (Lipinski definition) is 5. The highest BCUT2D eigenvalue weighted by Crippen LogP contribution is 2.27. The zero-order valence-corrected chi connectivity index (χ0v) is 12.5. The molecule has 0 bridgehead atoms. The van der Waals surface area contributed by atoms with Gasteiger partial charge in [0.25, 0.3) is 0 Å². The molecule has 1 fully saturated rings. The summed E-state index contributed by atoms with van der Waals surface area (Å²) in [7, 11) is 0. The van der Waals surface area contributed by atoms with Crippen molar-refractivity contribution >= 4 is 16.5 Å². The molecule has 1 N–H and O–H groups in total. The molecule has 1 atom stereocenters. The molecule has 1 unspecified atom stereocenters. The van der Waals surface area contributed by atoms with E-state index in [2.05, 4.69) is 43.2 Å². The van der Waals surface area contributed by atoms with Gasteiger partial charge < -0.3 is 10.1 Å². The maximum atomic E-state index is 5.72. The first-order valence-electron chi connectivity index (χ1n) is 6.67. The third kappa shape index (κ3) is 3.92. The fourth-order valence-electron chi connectivity index (χ4n) is 2.27. The molecule has 0 radical (unpaired) electrons. The average molecular weight is 269 g/mol. The van der Waals surface area contributed by atoms with E-state index in [1.807, 2.05) is 0 Å². The molecule has 2 rings (SSSR count). The van der Waals surface area contributed by atoms with Gasteiger partial charge in [-0.1, -0.05) is 25.2 Å². The predicted octanol–water partition coefficient (Wildman–Crippen LogP) is 3.11. The van der Waals surface area contributed by atoms with Crippen molar-refractivity contribution < 1.29 is 4.74 Å². The third-order valence-corrected chi connectivity index (χ3v) is 3.95. The van der Waals surface area contributed by atoms with Crippen molar-refractivity contribution in [3.05, 3.63) is 5.01 Å². The summed E-state index contributed by atoms with van der Waals surface area (Å²) in [5.74, 6) is 0.632. The molecule has 102 valence electrons. The molecule has 4 nitrogen and oxygen atoms in total. The van der Waals surface area contributed by atoms with Gasteiger partial charge in [-0.05, 0) is 32.6 Å². The molecule has 0 aromatic carbocycles. The Morgan fingerprint density at radius 1 is 1.44 bits per heavy atom. The van der Waals surface area contributed by atoms with Crippen molar-refractivity contribution in [1.82, 2.24) is 10.2 Å². The number of anilines is 1. The van der Waals surface area contributed by atoms with Gasteiger partial charge in [0.2, 0.25) is 5.13 Å². The zero-order valence-electron chi connectivity index (χ0n) is 11.7. The van der Waals surface area contributed by atoms with E-state index in [0.717, 1.165) is 36.0 Å². The Labute approximate surface area is 113 Å². The lowest BCUT2D eigenvalue weighted by Gasteiger charge is -2.35. The molecule has 0 saturated carbocycles. The molecule has 1 aliphatic heterocycles. The van der Waals surface area contributed by atoms with E-state index in [1.54, 1.807) is 11.3 Å². The maximum absolute atomic E-state index is 5.72. The van der Waals surface area contributed by atoms with E-state index < -0.39 is 0 Å². The molecule has 0 amide bonds. The van der Waals surface area contributed by atoms with E-state index in [4.69, 9.17) is 4.74 Å². The quantitative estimate of drug-likeness (QED) is 0.912. The Morgan fingerprint density at radius 3 is 2.89 bits per heavy atom. The molecule has 2 heterocycles. The summed E-state index contributed by atoms with van der Waals surface area (Å²) >= 11 is 1.68. The Bertz CT molecular complexity index is 389. The second-order valence-electron chi connectivity index (χ2n) is 6.04. The van der Waals surface area contributed by atoms with Gasteiger partial charge in [0.1, 0.15) is 5.01 Å². The normalized spacial score (nSPS) is 23.3. The van der Waals surface area contributed by atoms with Crippen LogP contribution in [0.25, 0.3) is 0 Å². The molecule has 1 aliphatic rings. The SMILES string of the molecule is CC(C)Cc1nnc(NC2CCOC(C)(C)C2)s1. The van der Waals surface area contributed by atoms with Crippen LogP contribution >= 0.6 is 11.3 Å². The maximum Gasteiger partial charge on any atom is 0.205 e. The summed E-state index contributed by atoms with van der Waals surface area (Å²) in [4.78, 5) is 0. The fourth-order valence-corrected chi connectivity index (χ4v) is 3.30. The van der Waals surface area contributed by atoms with E-state index in [9.17, 15) is 0 Å². The lowest BCUT2D eigenvalue weighted by atomic mass is 9.94. The minimum absolute atomic E-state index is 0.0264. The fraction of sp³-hybridized carbons (Fsp3) is 0.846. The minimum atomic E-state index is -0.0264. The summed E-state index contributed by atoms with van der Waals surface area (Å²) in [5.41, 5.74) is -0.0264. The van der Waals surface area contributed by atoms with E-state index in [-0.39, 0.29) is 5.60 Å². The first-order valence-corrected chi connectivity index (χ1v) is 7.49. The summed E-state index contributed by atoms with van der Waals surface area (Å²) in [6.07, 6.45) is 3.08. The number of rotatable bonds is 4. The van der Waals surface area contributed by atoms with Crippen molar-refractivity contribution in [2.45, 2.75) is 58.6 Å². The molecule has 18 heavy (non-hydrogen) atoms. The van der Waals surface area contributed by atoms with Gasteiger partial charge in [0.15, 0.2) is 0 Å². The van der Waals surface area contributed by atoms with Crippen molar-refractivity contribution in [1.29, 1.82) is 0 Å². The lowest BCUT2D eigenvalue weighted by Crippen LogP contribution is -2.40. The monoisotopic (exact) mass is 269 g/mol. The molecular weight excluding hydrogens is 246 g/mol. The molecule has 0 aliphatic carbocycles. The second-order valence-corrected chi connectivity index (χ2v) is 7.10. The number of aromatic nitrogens is 2. The van der Waals surface area contributed by atoms with Gasteiger partial charge in [0.05, 0.1) is 5.60 Å². The van der Waals surface area contributed by atoms with Gasteiger partial charge in [-0.2, -0.15) is 0 Å². The highest BCUT2D eigenvalue weighted by atomic mass is 32.1. The summed E-state index contributed by atoms with van der Waals surface area (Å²) < 4.78 is 5.72. The Morgan fingerprint density at radius 2 is 2.22 bits per heavy atom. The van der Waals surface area contributed by atoms with Crippen LogP contribution in [-0.2, 0) is 11.2 Å². The molecular formula is C13H23N3OS. The molecule has 1 aromatic heterocycles. The number of hydrogen-bond donors (Lipinski definition) is 1. The second kappa shape index (κ2) is 5.53. The first-order chi connectivity index (χ1) is 8.44. The van der Waals surface area contributed by atoms with Crippen LogP contribution in [0.5, 0.6) is 0 Å². The van der Waals surface area contributed by atoms with Crippen LogP contribution in [0.4, 0.5) is 5.13 Å². The zero-order chi connectivity index (χ0) is 13.2. The Hall–Kier alpha value is -0.680. The summed E-state index contributed by atoms with van der Waals surface area (Å²) in [5, 5.41) is 14.0. The van der Waals surface area contributed by atoms with Gasteiger partial charge in [-0.15, -0.1) is 10.2 Å². The van der Waals surface area contributed by atoms with Gasteiger partial charge in [0, 0.05) is 19.1 Å². The van der Waals surface area contributed by atoms with Crippen LogP contribution in [0, 0.1) is 5.92 Å². The van der Waals surface area contributed by atoms with Crippen molar-refractivity contribution in [3.8, 4) is 0 Å². The average Bonchev–Trinajstić information content (AvgIpc) is 2.62. The predicted molar refractivity (Wildman–Crippen MR) is 75.1 cm³/mol. The van der Waals surface area contributed by atoms with E-state index in [1.165, 1.54) is 0 Å².